The van der Waals surface area contributed by atoms with Crippen molar-refractivity contribution < 1.29 is 4.79 Å². The second kappa shape index (κ2) is 5.36. The third kappa shape index (κ3) is 2.75. The van der Waals surface area contributed by atoms with Crippen LogP contribution in [0, 0.1) is 0 Å². The summed E-state index contributed by atoms with van der Waals surface area (Å²) in [5.41, 5.74) is 5.93. The zero-order chi connectivity index (χ0) is 14.0. The monoisotopic (exact) mass is 275 g/mol. The lowest BCUT2D eigenvalue weighted by atomic mass is 9.75. The minimum atomic E-state index is -0.225. The Morgan fingerprint density at radius 2 is 1.85 bits per heavy atom. The summed E-state index contributed by atoms with van der Waals surface area (Å²) in [6.45, 7) is 3.03. The molecular formula is C14H21N5O. The van der Waals surface area contributed by atoms with E-state index in [-0.39, 0.29) is 11.4 Å². The van der Waals surface area contributed by atoms with E-state index in [4.69, 9.17) is 5.73 Å². The van der Waals surface area contributed by atoms with Crippen LogP contribution in [0.4, 0.5) is 5.95 Å². The molecule has 2 aliphatic rings. The molecule has 20 heavy (non-hydrogen) atoms. The molecule has 6 nitrogen and oxygen atoms in total. The highest BCUT2D eigenvalue weighted by atomic mass is 16.2. The predicted octanol–water partition coefficient (Wildman–Crippen LogP) is 0.397. The Hall–Kier alpha value is -1.69. The summed E-state index contributed by atoms with van der Waals surface area (Å²) in [7, 11) is 0. The van der Waals surface area contributed by atoms with Gasteiger partial charge in [-0.25, -0.2) is 9.97 Å². The van der Waals surface area contributed by atoms with E-state index in [1.807, 2.05) is 11.0 Å². The second-order valence-electron chi connectivity index (χ2n) is 5.81. The molecule has 3 rings (SSSR count). The van der Waals surface area contributed by atoms with Crippen LogP contribution in [-0.2, 0) is 4.79 Å². The maximum Gasteiger partial charge on any atom is 0.225 e. The number of nitrogens with two attached hydrogens (primary N) is 1. The molecule has 6 heteroatoms. The number of amides is 1. The molecule has 1 aliphatic heterocycles. The first-order valence-electron chi connectivity index (χ1n) is 7.25. The Bertz CT molecular complexity index is 466. The molecular weight excluding hydrogens is 254 g/mol. The molecule has 2 heterocycles. The van der Waals surface area contributed by atoms with Gasteiger partial charge >= 0.3 is 0 Å². The van der Waals surface area contributed by atoms with E-state index in [2.05, 4.69) is 14.9 Å². The first kappa shape index (κ1) is 13.3. The third-order valence-electron chi connectivity index (χ3n) is 4.32. The molecule has 2 N–H and O–H groups in total. The maximum absolute atomic E-state index is 12.2. The van der Waals surface area contributed by atoms with Crippen LogP contribution in [-0.4, -0.2) is 52.5 Å². The highest BCUT2D eigenvalue weighted by Gasteiger charge is 2.36. The quantitative estimate of drug-likeness (QED) is 0.864. The Balaban J connectivity index is 1.52. The topological polar surface area (TPSA) is 75.4 Å². The fraction of sp³-hybridized carbons (Fsp3) is 0.643. The summed E-state index contributed by atoms with van der Waals surface area (Å²) in [6, 6.07) is 1.81. The molecule has 1 saturated carbocycles. The smallest absolute Gasteiger partial charge is 0.225 e. The molecule has 0 aromatic carbocycles. The van der Waals surface area contributed by atoms with E-state index in [9.17, 15) is 4.79 Å². The van der Waals surface area contributed by atoms with Crippen molar-refractivity contribution in [3.05, 3.63) is 18.5 Å². The largest absolute Gasteiger partial charge is 0.339 e. The van der Waals surface area contributed by atoms with Crippen LogP contribution in [0.1, 0.15) is 25.7 Å². The highest BCUT2D eigenvalue weighted by molar-refractivity contribution is 5.78. The van der Waals surface area contributed by atoms with Crippen molar-refractivity contribution in [2.75, 3.05) is 31.1 Å². The first-order chi connectivity index (χ1) is 9.66. The SMILES string of the molecule is NC1(CC(=O)N2CCN(c3ncccn3)CC2)CCC1. The molecule has 2 fully saturated rings. The number of aromatic nitrogens is 2. The number of nitrogens with zero attached hydrogens (tertiary/aromatic N) is 4. The Morgan fingerprint density at radius 3 is 2.40 bits per heavy atom. The summed E-state index contributed by atoms with van der Waals surface area (Å²) in [6.07, 6.45) is 7.11. The van der Waals surface area contributed by atoms with Crippen LogP contribution in [0.3, 0.4) is 0 Å². The van der Waals surface area contributed by atoms with Crippen LogP contribution in [0.25, 0.3) is 0 Å². The number of hydrogen-bond acceptors (Lipinski definition) is 5. The summed E-state index contributed by atoms with van der Waals surface area (Å²) >= 11 is 0. The van der Waals surface area contributed by atoms with Crippen molar-refractivity contribution in [3.63, 3.8) is 0 Å². The number of anilines is 1. The molecule has 1 amide bonds. The number of carbonyl (C=O) groups excluding carboxylic acids is 1. The standard InChI is InChI=1S/C14H21N5O/c15-14(3-1-4-14)11-12(20)18-7-9-19(10-8-18)13-16-5-2-6-17-13/h2,5-6H,1,3-4,7-11,15H2. The number of rotatable bonds is 3. The van der Waals surface area contributed by atoms with Gasteiger partial charge in [0.1, 0.15) is 0 Å². The normalized spacial score (nSPS) is 21.4. The average molecular weight is 275 g/mol. The van der Waals surface area contributed by atoms with Gasteiger partial charge in [-0.05, 0) is 25.3 Å². The van der Waals surface area contributed by atoms with Gasteiger partial charge in [-0.15, -0.1) is 0 Å². The van der Waals surface area contributed by atoms with Crippen molar-refractivity contribution in [1.29, 1.82) is 0 Å². The first-order valence-corrected chi connectivity index (χ1v) is 7.25. The lowest BCUT2D eigenvalue weighted by molar-refractivity contribution is -0.133. The Labute approximate surface area is 119 Å². The third-order valence-corrected chi connectivity index (χ3v) is 4.32. The summed E-state index contributed by atoms with van der Waals surface area (Å²) in [4.78, 5) is 24.8. The lowest BCUT2D eigenvalue weighted by Crippen LogP contribution is -2.54. The number of hydrogen-bond donors (Lipinski definition) is 1. The second-order valence-corrected chi connectivity index (χ2v) is 5.81. The molecule has 1 aromatic heterocycles. The van der Waals surface area contributed by atoms with Gasteiger partial charge in [0.15, 0.2) is 0 Å². The average Bonchev–Trinajstić information content (AvgIpc) is 2.47. The van der Waals surface area contributed by atoms with Crippen LogP contribution in [0.15, 0.2) is 18.5 Å². The van der Waals surface area contributed by atoms with Gasteiger partial charge in [0.25, 0.3) is 0 Å². The van der Waals surface area contributed by atoms with Gasteiger partial charge < -0.3 is 15.5 Å². The Morgan fingerprint density at radius 1 is 1.20 bits per heavy atom. The van der Waals surface area contributed by atoms with E-state index in [0.717, 1.165) is 51.4 Å². The fourth-order valence-electron chi connectivity index (χ4n) is 2.83. The van der Waals surface area contributed by atoms with Crippen LogP contribution < -0.4 is 10.6 Å². The van der Waals surface area contributed by atoms with Crippen molar-refractivity contribution in [2.45, 2.75) is 31.2 Å². The maximum atomic E-state index is 12.2. The minimum absolute atomic E-state index is 0.195. The Kier molecular flexibility index (Phi) is 3.56. The molecule has 0 atom stereocenters. The van der Waals surface area contributed by atoms with Crippen LogP contribution in [0.5, 0.6) is 0 Å². The van der Waals surface area contributed by atoms with Gasteiger partial charge in [0.2, 0.25) is 11.9 Å². The molecule has 1 aromatic rings. The van der Waals surface area contributed by atoms with E-state index >= 15 is 0 Å². The van der Waals surface area contributed by atoms with Crippen molar-refractivity contribution >= 4 is 11.9 Å². The van der Waals surface area contributed by atoms with Crippen molar-refractivity contribution in [1.82, 2.24) is 14.9 Å². The molecule has 0 radical (unpaired) electrons. The van der Waals surface area contributed by atoms with E-state index < -0.39 is 0 Å². The molecule has 0 bridgehead atoms. The predicted molar refractivity (Wildman–Crippen MR) is 76.2 cm³/mol. The van der Waals surface area contributed by atoms with Gasteiger partial charge in [0, 0.05) is 50.5 Å². The minimum Gasteiger partial charge on any atom is -0.339 e. The molecule has 0 unspecified atom stereocenters. The van der Waals surface area contributed by atoms with E-state index in [0.29, 0.717) is 6.42 Å². The summed E-state index contributed by atoms with van der Waals surface area (Å²) in [5, 5.41) is 0. The van der Waals surface area contributed by atoms with Gasteiger partial charge in [-0.3, -0.25) is 4.79 Å². The fourth-order valence-corrected chi connectivity index (χ4v) is 2.83. The zero-order valence-electron chi connectivity index (χ0n) is 11.7. The van der Waals surface area contributed by atoms with Crippen LogP contribution in [0.2, 0.25) is 0 Å². The van der Waals surface area contributed by atoms with E-state index in [1.165, 1.54) is 0 Å². The number of carbonyl (C=O) groups is 1. The molecule has 1 aliphatic carbocycles. The molecule has 0 spiro atoms. The molecule has 1 saturated heterocycles. The van der Waals surface area contributed by atoms with Gasteiger partial charge in [-0.1, -0.05) is 0 Å². The summed E-state index contributed by atoms with van der Waals surface area (Å²) < 4.78 is 0. The van der Waals surface area contributed by atoms with Crippen molar-refractivity contribution in [3.8, 4) is 0 Å². The van der Waals surface area contributed by atoms with Gasteiger partial charge in [-0.2, -0.15) is 0 Å². The number of piperazine rings is 1. The molecule has 108 valence electrons. The van der Waals surface area contributed by atoms with Crippen molar-refractivity contribution in [2.24, 2.45) is 5.73 Å². The van der Waals surface area contributed by atoms with Crippen LogP contribution >= 0.6 is 0 Å². The lowest BCUT2D eigenvalue weighted by Gasteiger charge is -2.40. The zero-order valence-corrected chi connectivity index (χ0v) is 11.7. The van der Waals surface area contributed by atoms with Gasteiger partial charge in [0.05, 0.1) is 0 Å². The highest BCUT2D eigenvalue weighted by Crippen LogP contribution is 2.32. The summed E-state index contributed by atoms with van der Waals surface area (Å²) in [5.74, 6) is 0.940. The van der Waals surface area contributed by atoms with E-state index in [1.54, 1.807) is 12.4 Å².